The van der Waals surface area contributed by atoms with Crippen LogP contribution >= 0.6 is 15.2 Å². The van der Waals surface area contributed by atoms with Gasteiger partial charge in [-0.2, -0.15) is 0 Å². The van der Waals surface area contributed by atoms with Crippen LogP contribution < -0.4 is 10.6 Å². The number of rotatable bonds is 4. The molecule has 0 aliphatic carbocycles. The Morgan fingerprint density at radius 3 is 1.59 bits per heavy atom. The molecular weight excluding hydrogens is 274 g/mol. The maximum absolute atomic E-state index is 11.3. The lowest BCUT2D eigenvalue weighted by molar-refractivity contribution is -0.143. The van der Waals surface area contributed by atoms with Crippen LogP contribution in [0.4, 0.5) is 0 Å². The first kappa shape index (κ1) is 14.5. The maximum atomic E-state index is 11.3. The van der Waals surface area contributed by atoms with Gasteiger partial charge in [0, 0.05) is 0 Å². The van der Waals surface area contributed by atoms with Gasteiger partial charge in [-0.25, -0.2) is 10.5 Å². The predicted octanol–water partition coefficient (Wildman–Crippen LogP) is 0.596. The van der Waals surface area contributed by atoms with Crippen molar-refractivity contribution in [1.29, 1.82) is 0 Å². The van der Waals surface area contributed by atoms with Crippen LogP contribution in [0.2, 0.25) is 0 Å². The third kappa shape index (κ3) is 3.22. The molecule has 1 aromatic carbocycles. The summed E-state index contributed by atoms with van der Waals surface area (Å²) in [4.78, 5) is 18.4. The predicted molar refractivity (Wildman–Crippen MR) is 57.5 cm³/mol. The molecule has 0 aliphatic heterocycles. The van der Waals surface area contributed by atoms with Gasteiger partial charge in [0.05, 0.1) is 10.6 Å². The molecule has 1 aromatic rings. The quantitative estimate of drug-likeness (QED) is 0.358. The maximum Gasteiger partial charge on any atom is 0.385 e. The first-order valence-corrected chi connectivity index (χ1v) is 7.33. The summed E-state index contributed by atoms with van der Waals surface area (Å²) in [5.41, 5.74) is 0.343. The molecule has 0 heterocycles. The average Bonchev–Trinajstić information content (AvgIpc) is 2.28. The zero-order chi connectivity index (χ0) is 13.3. The molecule has 0 saturated carbocycles. The first-order chi connectivity index (χ1) is 7.73. The fraction of sp³-hybridized carbons (Fsp3) is 0.143. The minimum absolute atomic E-state index is 0.343. The third-order valence-electron chi connectivity index (χ3n) is 1.92. The topological polar surface area (TPSA) is 134 Å². The largest absolute Gasteiger partial charge is 0.385 e. The summed E-state index contributed by atoms with van der Waals surface area (Å²) in [6, 6.07) is 3.18. The van der Waals surface area contributed by atoms with Crippen LogP contribution in [0.15, 0.2) is 18.2 Å². The normalized spacial score (nSPS) is 18.4. The van der Waals surface area contributed by atoms with Gasteiger partial charge in [0.2, 0.25) is 0 Å². The molecule has 0 radical (unpaired) electrons. The highest BCUT2D eigenvalue weighted by Crippen LogP contribution is 2.43. The highest BCUT2D eigenvalue weighted by atomic mass is 31.2. The number of benzene rings is 1. The van der Waals surface area contributed by atoms with E-state index in [1.807, 2.05) is 0 Å². The van der Waals surface area contributed by atoms with E-state index < -0.39 is 25.8 Å². The zero-order valence-corrected chi connectivity index (χ0v) is 10.3. The second kappa shape index (κ2) is 4.97. The number of aryl methyl sites for hydroxylation is 1. The van der Waals surface area contributed by atoms with Crippen LogP contribution in [0.25, 0.3) is 0 Å². The lowest BCUT2D eigenvalue weighted by atomic mass is 10.2. The van der Waals surface area contributed by atoms with Crippen LogP contribution in [0, 0.1) is 6.92 Å². The fourth-order valence-electron chi connectivity index (χ4n) is 1.16. The smallest absolute Gasteiger partial charge is 0.319 e. The molecule has 8 nitrogen and oxygen atoms in total. The van der Waals surface area contributed by atoms with Crippen LogP contribution in [0.1, 0.15) is 5.56 Å². The Bertz CT molecular complexity index is 470. The van der Waals surface area contributed by atoms with E-state index in [9.17, 15) is 18.9 Å². The minimum atomic E-state index is -4.47. The molecule has 96 valence electrons. The van der Waals surface area contributed by atoms with Crippen molar-refractivity contribution in [3.8, 4) is 0 Å². The van der Waals surface area contributed by atoms with Gasteiger partial charge < -0.3 is 9.79 Å². The van der Waals surface area contributed by atoms with E-state index in [4.69, 9.17) is 10.5 Å². The molecule has 0 amide bonds. The van der Waals surface area contributed by atoms with Crippen molar-refractivity contribution in [3.63, 3.8) is 0 Å². The van der Waals surface area contributed by atoms with Crippen molar-refractivity contribution in [3.05, 3.63) is 23.8 Å². The Morgan fingerprint density at radius 2 is 1.29 bits per heavy atom. The summed E-state index contributed by atoms with van der Waals surface area (Å²) in [6.07, 6.45) is 0. The van der Waals surface area contributed by atoms with Gasteiger partial charge >= 0.3 is 15.2 Å². The Morgan fingerprint density at radius 1 is 0.941 bits per heavy atom. The van der Waals surface area contributed by atoms with Gasteiger partial charge in [0.15, 0.2) is 0 Å². The molecule has 2 unspecified atom stereocenters. The number of hydrogen-bond donors (Lipinski definition) is 4. The van der Waals surface area contributed by atoms with Gasteiger partial charge in [-0.15, -0.1) is 9.35 Å². The summed E-state index contributed by atoms with van der Waals surface area (Å²) < 4.78 is 29.5. The summed E-state index contributed by atoms with van der Waals surface area (Å²) in [7, 11) is -8.95. The standard InChI is InChI=1S/C7H10O8P2/c1-5-2-6(16(10,11)14-8)4-7(3-5)17(12,13)15-9/h2-4,8-9H,1H3,(H,10,11)(H,12,13). The molecule has 0 saturated heterocycles. The summed E-state index contributed by atoms with van der Waals surface area (Å²) in [5.74, 6) is 0. The van der Waals surface area contributed by atoms with Crippen LogP contribution in [-0.2, 0) is 18.5 Å². The van der Waals surface area contributed by atoms with E-state index in [-0.39, 0.29) is 0 Å². The van der Waals surface area contributed by atoms with E-state index in [1.165, 1.54) is 19.1 Å². The van der Waals surface area contributed by atoms with Crippen LogP contribution in [0.5, 0.6) is 0 Å². The van der Waals surface area contributed by atoms with Crippen LogP contribution in [-0.4, -0.2) is 20.3 Å². The van der Waals surface area contributed by atoms with E-state index in [2.05, 4.69) is 9.35 Å². The molecule has 10 heteroatoms. The Kier molecular flexibility index (Phi) is 4.24. The lowest BCUT2D eigenvalue weighted by Gasteiger charge is -2.12. The SMILES string of the molecule is Cc1cc(P(=O)(O)OO)cc(P(=O)(O)OO)c1. The molecule has 0 aliphatic rings. The van der Waals surface area contributed by atoms with E-state index >= 15 is 0 Å². The zero-order valence-electron chi connectivity index (χ0n) is 8.55. The van der Waals surface area contributed by atoms with Gasteiger partial charge in [-0.05, 0) is 30.7 Å². The molecule has 1 rings (SSSR count). The molecule has 2 atom stereocenters. The average molecular weight is 284 g/mol. The van der Waals surface area contributed by atoms with Gasteiger partial charge in [0.1, 0.15) is 0 Å². The van der Waals surface area contributed by atoms with Crippen molar-refractivity contribution in [1.82, 2.24) is 0 Å². The molecule has 4 N–H and O–H groups in total. The highest BCUT2D eigenvalue weighted by molar-refractivity contribution is 7.62. The summed E-state index contributed by atoms with van der Waals surface area (Å²) in [6.45, 7) is 1.47. The number of hydrogen-bond acceptors (Lipinski definition) is 6. The Hall–Kier alpha value is -0.560. The Labute approximate surface area is 96.0 Å². The van der Waals surface area contributed by atoms with E-state index in [0.717, 1.165) is 6.07 Å². The lowest BCUT2D eigenvalue weighted by Crippen LogP contribution is -2.16. The molecule has 0 fully saturated rings. The highest BCUT2D eigenvalue weighted by Gasteiger charge is 2.29. The van der Waals surface area contributed by atoms with Crippen LogP contribution in [0.3, 0.4) is 0 Å². The fourth-order valence-corrected chi connectivity index (χ4v) is 2.79. The van der Waals surface area contributed by atoms with Crippen molar-refractivity contribution in [2.45, 2.75) is 6.92 Å². The second-order valence-corrected chi connectivity index (χ2v) is 6.67. The van der Waals surface area contributed by atoms with Gasteiger partial charge in [-0.1, -0.05) is 0 Å². The Balaban J connectivity index is 3.40. The van der Waals surface area contributed by atoms with Gasteiger partial charge in [0.25, 0.3) is 0 Å². The second-order valence-electron chi connectivity index (χ2n) is 3.23. The molecule has 0 spiro atoms. The van der Waals surface area contributed by atoms with Crippen molar-refractivity contribution in [2.24, 2.45) is 0 Å². The van der Waals surface area contributed by atoms with Crippen molar-refractivity contribution < 1.29 is 38.8 Å². The van der Waals surface area contributed by atoms with E-state index in [1.54, 1.807) is 0 Å². The minimum Gasteiger partial charge on any atom is -0.319 e. The molecule has 0 bridgehead atoms. The monoisotopic (exact) mass is 284 g/mol. The van der Waals surface area contributed by atoms with Crippen molar-refractivity contribution in [2.75, 3.05) is 0 Å². The van der Waals surface area contributed by atoms with E-state index in [0.29, 0.717) is 5.56 Å². The first-order valence-electron chi connectivity index (χ1n) is 4.17. The molecule has 17 heavy (non-hydrogen) atoms. The third-order valence-corrected chi connectivity index (χ3v) is 4.19. The molecular formula is C7H10O8P2. The summed E-state index contributed by atoms with van der Waals surface area (Å²) in [5, 5.41) is 15.7. The summed E-state index contributed by atoms with van der Waals surface area (Å²) >= 11 is 0. The molecule has 0 aromatic heterocycles. The van der Waals surface area contributed by atoms with Gasteiger partial charge in [-0.3, -0.25) is 9.13 Å². The van der Waals surface area contributed by atoms with Crippen molar-refractivity contribution >= 4 is 25.8 Å².